The number of hydrogen-bond acceptors (Lipinski definition) is 2. The van der Waals surface area contributed by atoms with Crippen LogP contribution in [0.3, 0.4) is 0 Å². The first-order valence-corrected chi connectivity index (χ1v) is 8.15. The van der Waals surface area contributed by atoms with Crippen LogP contribution >= 0.6 is 0 Å². The molecule has 2 nitrogen and oxygen atoms in total. The van der Waals surface area contributed by atoms with Gasteiger partial charge in [-0.05, 0) is 38.2 Å². The highest BCUT2D eigenvalue weighted by Crippen LogP contribution is 2.31. The van der Waals surface area contributed by atoms with Crippen LogP contribution < -0.4 is 10.1 Å². The largest absolute Gasteiger partial charge is 0.496 e. The molecule has 0 heterocycles. The Morgan fingerprint density at radius 1 is 1.20 bits per heavy atom. The Labute approximate surface area is 123 Å². The fourth-order valence-electron chi connectivity index (χ4n) is 3.47. The second-order valence-corrected chi connectivity index (χ2v) is 6.06. The van der Waals surface area contributed by atoms with Crippen molar-refractivity contribution < 1.29 is 4.74 Å². The smallest absolute Gasteiger partial charge is 0.123 e. The monoisotopic (exact) mass is 275 g/mol. The van der Waals surface area contributed by atoms with Crippen molar-refractivity contribution >= 4 is 0 Å². The number of methoxy groups -OCH3 is 1. The quantitative estimate of drug-likeness (QED) is 0.812. The zero-order valence-corrected chi connectivity index (χ0v) is 13.2. The van der Waals surface area contributed by atoms with Crippen LogP contribution in [0.25, 0.3) is 0 Å². The highest BCUT2D eigenvalue weighted by Gasteiger charge is 2.23. The van der Waals surface area contributed by atoms with Gasteiger partial charge in [0.15, 0.2) is 0 Å². The van der Waals surface area contributed by atoms with Gasteiger partial charge < -0.3 is 10.1 Å². The number of benzene rings is 1. The molecule has 1 saturated carbocycles. The van der Waals surface area contributed by atoms with E-state index < -0.39 is 0 Å². The molecule has 112 valence electrons. The first-order chi connectivity index (χ1) is 9.76. The van der Waals surface area contributed by atoms with E-state index in [9.17, 15) is 0 Å². The van der Waals surface area contributed by atoms with E-state index in [1.54, 1.807) is 7.11 Å². The van der Waals surface area contributed by atoms with Gasteiger partial charge in [0.1, 0.15) is 5.75 Å². The molecule has 1 unspecified atom stereocenters. The van der Waals surface area contributed by atoms with Gasteiger partial charge in [0, 0.05) is 17.6 Å². The summed E-state index contributed by atoms with van der Waals surface area (Å²) in [6.45, 7) is 4.60. The third-order valence-corrected chi connectivity index (χ3v) is 4.74. The average molecular weight is 275 g/mol. The van der Waals surface area contributed by atoms with Crippen LogP contribution in [0.1, 0.15) is 64.0 Å². The van der Waals surface area contributed by atoms with Gasteiger partial charge in [0.2, 0.25) is 0 Å². The van der Waals surface area contributed by atoms with Gasteiger partial charge in [-0.25, -0.2) is 0 Å². The Balaban J connectivity index is 2.04. The summed E-state index contributed by atoms with van der Waals surface area (Å²) in [5.74, 6) is 1.84. The summed E-state index contributed by atoms with van der Waals surface area (Å²) < 4.78 is 5.52. The topological polar surface area (TPSA) is 21.3 Å². The van der Waals surface area contributed by atoms with Gasteiger partial charge in [-0.15, -0.1) is 0 Å². The highest BCUT2D eigenvalue weighted by atomic mass is 16.5. The van der Waals surface area contributed by atoms with Crippen LogP contribution in [-0.2, 0) is 0 Å². The second-order valence-electron chi connectivity index (χ2n) is 6.06. The van der Waals surface area contributed by atoms with Crippen molar-refractivity contribution in [3.63, 3.8) is 0 Å². The third-order valence-electron chi connectivity index (χ3n) is 4.74. The summed E-state index contributed by atoms with van der Waals surface area (Å²) in [5.41, 5.74) is 1.29. The fourth-order valence-corrected chi connectivity index (χ4v) is 3.47. The molecule has 1 N–H and O–H groups in total. The summed E-state index contributed by atoms with van der Waals surface area (Å²) in [5, 5.41) is 3.85. The molecular weight excluding hydrogens is 246 g/mol. The molecule has 2 atom stereocenters. The lowest BCUT2D eigenvalue weighted by Gasteiger charge is -2.32. The Morgan fingerprint density at radius 3 is 2.55 bits per heavy atom. The molecule has 2 rings (SSSR count). The normalized spacial score (nSPS) is 19.6. The van der Waals surface area contributed by atoms with Gasteiger partial charge in [-0.2, -0.15) is 0 Å². The van der Waals surface area contributed by atoms with E-state index in [1.165, 1.54) is 37.7 Å². The number of rotatable bonds is 6. The maximum atomic E-state index is 5.52. The van der Waals surface area contributed by atoms with Gasteiger partial charge in [0.05, 0.1) is 7.11 Å². The zero-order valence-electron chi connectivity index (χ0n) is 13.2. The summed E-state index contributed by atoms with van der Waals surface area (Å²) in [6.07, 6.45) is 8.10. The minimum atomic E-state index is 0.392. The first-order valence-electron chi connectivity index (χ1n) is 8.15. The molecule has 20 heavy (non-hydrogen) atoms. The average Bonchev–Trinajstić information content (AvgIpc) is 2.53. The van der Waals surface area contributed by atoms with Crippen molar-refractivity contribution in [2.24, 2.45) is 5.92 Å². The minimum Gasteiger partial charge on any atom is -0.496 e. The maximum absolute atomic E-state index is 5.52. The second kappa shape index (κ2) is 7.68. The molecule has 0 aliphatic heterocycles. The number of ether oxygens (including phenoxy) is 1. The molecule has 0 radical (unpaired) electrons. The summed E-state index contributed by atoms with van der Waals surface area (Å²) in [6, 6.07) is 9.37. The number of hydrogen-bond donors (Lipinski definition) is 1. The van der Waals surface area contributed by atoms with Gasteiger partial charge in [-0.3, -0.25) is 0 Å². The summed E-state index contributed by atoms with van der Waals surface area (Å²) >= 11 is 0. The van der Waals surface area contributed by atoms with Crippen LogP contribution in [0, 0.1) is 5.92 Å². The molecule has 0 aromatic heterocycles. The lowest BCUT2D eigenvalue weighted by atomic mass is 9.84. The van der Waals surface area contributed by atoms with Gasteiger partial charge in [-0.1, -0.05) is 44.4 Å². The predicted octanol–water partition coefficient (Wildman–Crippen LogP) is 4.70. The lowest BCUT2D eigenvalue weighted by molar-refractivity contribution is 0.260. The van der Waals surface area contributed by atoms with Crippen molar-refractivity contribution in [1.29, 1.82) is 0 Å². The molecule has 1 fully saturated rings. The SMILES string of the molecule is CCC(N[C@H](C)C1CCCCC1)c1ccccc1OC. The minimum absolute atomic E-state index is 0.392. The van der Waals surface area contributed by atoms with E-state index in [0.29, 0.717) is 12.1 Å². The van der Waals surface area contributed by atoms with E-state index >= 15 is 0 Å². The molecule has 0 saturated heterocycles. The molecule has 1 aromatic rings. The molecule has 0 spiro atoms. The number of para-hydroxylation sites is 1. The molecule has 2 heteroatoms. The summed E-state index contributed by atoms with van der Waals surface area (Å²) in [7, 11) is 1.76. The molecule has 0 amide bonds. The van der Waals surface area contributed by atoms with Crippen molar-refractivity contribution in [3.8, 4) is 5.75 Å². The van der Waals surface area contributed by atoms with E-state index in [2.05, 4.69) is 37.4 Å². The third kappa shape index (κ3) is 3.76. The van der Waals surface area contributed by atoms with Crippen molar-refractivity contribution in [1.82, 2.24) is 5.32 Å². The predicted molar refractivity (Wildman–Crippen MR) is 85.2 cm³/mol. The van der Waals surface area contributed by atoms with Crippen LogP contribution in [0.15, 0.2) is 24.3 Å². The standard InChI is InChI=1S/C18H29NO/c1-4-17(16-12-8-9-13-18(16)20-3)19-14(2)15-10-6-5-7-11-15/h8-9,12-15,17,19H,4-7,10-11H2,1-3H3/t14-,17?/m1/s1. The highest BCUT2D eigenvalue weighted by molar-refractivity contribution is 5.35. The Bertz CT molecular complexity index is 398. The van der Waals surface area contributed by atoms with Crippen LogP contribution in [0.2, 0.25) is 0 Å². The van der Waals surface area contributed by atoms with E-state index in [4.69, 9.17) is 4.74 Å². The van der Waals surface area contributed by atoms with Crippen LogP contribution in [-0.4, -0.2) is 13.2 Å². The van der Waals surface area contributed by atoms with Gasteiger partial charge >= 0.3 is 0 Å². The molecule has 0 bridgehead atoms. The lowest BCUT2D eigenvalue weighted by Crippen LogP contribution is -2.37. The molecule has 1 aromatic carbocycles. The zero-order chi connectivity index (χ0) is 14.4. The molecule has 1 aliphatic carbocycles. The van der Waals surface area contributed by atoms with Crippen molar-refractivity contribution in [3.05, 3.63) is 29.8 Å². The van der Waals surface area contributed by atoms with Gasteiger partial charge in [0.25, 0.3) is 0 Å². The maximum Gasteiger partial charge on any atom is 0.123 e. The first kappa shape index (κ1) is 15.4. The van der Waals surface area contributed by atoms with E-state index in [1.807, 2.05) is 6.07 Å². The summed E-state index contributed by atoms with van der Waals surface area (Å²) in [4.78, 5) is 0. The molecular formula is C18H29NO. The van der Waals surface area contributed by atoms with Crippen molar-refractivity contribution in [2.45, 2.75) is 64.5 Å². The number of nitrogens with one attached hydrogen (secondary N) is 1. The van der Waals surface area contributed by atoms with Crippen molar-refractivity contribution in [2.75, 3.05) is 7.11 Å². The Hall–Kier alpha value is -1.02. The Morgan fingerprint density at radius 2 is 1.90 bits per heavy atom. The fraction of sp³-hybridized carbons (Fsp3) is 0.667. The van der Waals surface area contributed by atoms with Crippen LogP contribution in [0.4, 0.5) is 0 Å². The Kier molecular flexibility index (Phi) is 5.90. The van der Waals surface area contributed by atoms with E-state index in [0.717, 1.165) is 18.1 Å². The molecule has 1 aliphatic rings. The van der Waals surface area contributed by atoms with E-state index in [-0.39, 0.29) is 0 Å². The van der Waals surface area contributed by atoms with Crippen LogP contribution in [0.5, 0.6) is 5.75 Å².